The van der Waals surface area contributed by atoms with Crippen LogP contribution in [0.25, 0.3) is 0 Å². The molecule has 0 amide bonds. The Hall–Kier alpha value is 0.850. The summed E-state index contributed by atoms with van der Waals surface area (Å²) in [6.07, 6.45) is 1.90. The third kappa shape index (κ3) is 8.85. The lowest BCUT2D eigenvalue weighted by molar-refractivity contribution is 0.397. The summed E-state index contributed by atoms with van der Waals surface area (Å²) in [6, 6.07) is 0. The second kappa shape index (κ2) is 4.63. The highest BCUT2D eigenvalue weighted by Crippen LogP contribution is 2.49. The SMILES string of the molecule is CSCCSP(=O)(O)O. The lowest BCUT2D eigenvalue weighted by Crippen LogP contribution is -1.81. The van der Waals surface area contributed by atoms with Crippen LogP contribution in [-0.2, 0) is 4.57 Å². The molecule has 0 bridgehead atoms. The highest BCUT2D eigenvalue weighted by atomic mass is 32.7. The van der Waals surface area contributed by atoms with Crippen molar-refractivity contribution in [1.82, 2.24) is 0 Å². The number of hydrogen-bond acceptors (Lipinski definition) is 3. The maximum atomic E-state index is 10.2. The number of rotatable bonds is 4. The molecule has 0 radical (unpaired) electrons. The molecule has 9 heavy (non-hydrogen) atoms. The van der Waals surface area contributed by atoms with Gasteiger partial charge in [0.1, 0.15) is 0 Å². The molecule has 0 saturated carbocycles. The Labute approximate surface area is 62.5 Å². The van der Waals surface area contributed by atoms with E-state index in [1.54, 1.807) is 11.8 Å². The van der Waals surface area contributed by atoms with Crippen molar-refractivity contribution in [2.24, 2.45) is 0 Å². The molecular weight excluding hydrogens is 179 g/mol. The van der Waals surface area contributed by atoms with Crippen LogP contribution in [0.4, 0.5) is 0 Å². The van der Waals surface area contributed by atoms with Crippen LogP contribution in [0.15, 0.2) is 0 Å². The first-order chi connectivity index (χ1) is 4.06. The smallest absolute Gasteiger partial charge is 0.317 e. The summed E-state index contributed by atoms with van der Waals surface area (Å²) in [5.41, 5.74) is 0. The van der Waals surface area contributed by atoms with Crippen molar-refractivity contribution >= 4 is 29.9 Å². The van der Waals surface area contributed by atoms with Crippen LogP contribution < -0.4 is 0 Å². The van der Waals surface area contributed by atoms with Crippen molar-refractivity contribution in [3.05, 3.63) is 0 Å². The second-order valence-corrected chi connectivity index (χ2v) is 6.15. The molecule has 6 heteroatoms. The second-order valence-electron chi connectivity index (χ2n) is 1.32. The lowest BCUT2D eigenvalue weighted by atomic mass is 11.0. The summed E-state index contributed by atoms with van der Waals surface area (Å²) >= 11 is 2.28. The summed E-state index contributed by atoms with van der Waals surface area (Å²) in [5.74, 6) is 1.31. The van der Waals surface area contributed by atoms with Gasteiger partial charge < -0.3 is 9.79 Å². The van der Waals surface area contributed by atoms with Crippen LogP contribution >= 0.6 is 29.9 Å². The molecule has 0 aromatic heterocycles. The van der Waals surface area contributed by atoms with Gasteiger partial charge in [-0.15, -0.1) is 0 Å². The van der Waals surface area contributed by atoms with Gasteiger partial charge in [-0.2, -0.15) is 11.8 Å². The van der Waals surface area contributed by atoms with Crippen molar-refractivity contribution in [1.29, 1.82) is 0 Å². The molecular formula is C3H9O3PS2. The minimum absolute atomic E-state index is 0.519. The van der Waals surface area contributed by atoms with Gasteiger partial charge in [-0.05, 0) is 17.6 Å². The van der Waals surface area contributed by atoms with Crippen LogP contribution in [0.5, 0.6) is 0 Å². The van der Waals surface area contributed by atoms with E-state index in [4.69, 9.17) is 9.79 Å². The normalized spacial score (nSPS) is 11.9. The molecule has 0 aliphatic rings. The molecule has 2 N–H and O–H groups in total. The molecule has 56 valence electrons. The molecule has 0 unspecified atom stereocenters. The summed E-state index contributed by atoms with van der Waals surface area (Å²) in [4.78, 5) is 16.6. The predicted octanol–water partition coefficient (Wildman–Crippen LogP) is 1.18. The van der Waals surface area contributed by atoms with E-state index < -0.39 is 6.80 Å². The zero-order chi connectivity index (χ0) is 7.33. The molecule has 0 fully saturated rings. The van der Waals surface area contributed by atoms with Gasteiger partial charge >= 0.3 is 6.80 Å². The average Bonchev–Trinajstić information content (AvgIpc) is 1.63. The summed E-state index contributed by atoms with van der Waals surface area (Å²) in [5, 5.41) is 0. The topological polar surface area (TPSA) is 57.5 Å². The van der Waals surface area contributed by atoms with Gasteiger partial charge in [0.05, 0.1) is 0 Å². The van der Waals surface area contributed by atoms with Gasteiger partial charge in [0, 0.05) is 11.5 Å². The van der Waals surface area contributed by atoms with Crippen LogP contribution in [0.2, 0.25) is 0 Å². The highest BCUT2D eigenvalue weighted by molar-refractivity contribution is 8.54. The van der Waals surface area contributed by atoms with Gasteiger partial charge in [-0.25, -0.2) is 4.57 Å². The van der Waals surface area contributed by atoms with Crippen LogP contribution in [0.3, 0.4) is 0 Å². The van der Waals surface area contributed by atoms with Gasteiger partial charge in [-0.1, -0.05) is 0 Å². The first kappa shape index (κ1) is 9.85. The Morgan fingerprint density at radius 1 is 1.44 bits per heavy atom. The Kier molecular flexibility index (Phi) is 5.07. The first-order valence-corrected chi connectivity index (χ1v) is 6.85. The quantitative estimate of drug-likeness (QED) is 0.512. The average molecular weight is 188 g/mol. The fraction of sp³-hybridized carbons (Fsp3) is 1.00. The Morgan fingerprint density at radius 3 is 2.33 bits per heavy atom. The van der Waals surface area contributed by atoms with Crippen molar-refractivity contribution in [2.75, 3.05) is 17.8 Å². The van der Waals surface area contributed by atoms with Crippen molar-refractivity contribution in [2.45, 2.75) is 0 Å². The summed E-state index contributed by atoms with van der Waals surface area (Å²) in [6.45, 7) is -3.79. The molecule has 0 aromatic carbocycles. The molecule has 0 spiro atoms. The van der Waals surface area contributed by atoms with Crippen LogP contribution in [0, 0.1) is 0 Å². The van der Waals surface area contributed by atoms with E-state index in [9.17, 15) is 4.57 Å². The molecule has 0 aliphatic carbocycles. The van der Waals surface area contributed by atoms with Crippen molar-refractivity contribution in [3.63, 3.8) is 0 Å². The fourth-order valence-corrected chi connectivity index (χ4v) is 2.83. The Bertz CT molecular complexity index is 112. The van der Waals surface area contributed by atoms with E-state index in [-0.39, 0.29) is 0 Å². The largest absolute Gasteiger partial charge is 0.384 e. The van der Waals surface area contributed by atoms with Crippen LogP contribution in [-0.4, -0.2) is 27.5 Å². The Balaban J connectivity index is 3.18. The number of hydrogen-bond donors (Lipinski definition) is 2. The maximum Gasteiger partial charge on any atom is 0.384 e. The van der Waals surface area contributed by atoms with E-state index in [0.29, 0.717) is 17.1 Å². The molecule has 0 saturated heterocycles. The van der Waals surface area contributed by atoms with Crippen molar-refractivity contribution in [3.8, 4) is 0 Å². The number of thioether (sulfide) groups is 1. The summed E-state index contributed by atoms with van der Waals surface area (Å²) in [7, 11) is 0. The van der Waals surface area contributed by atoms with Crippen molar-refractivity contribution < 1.29 is 14.4 Å². The summed E-state index contributed by atoms with van der Waals surface area (Å²) < 4.78 is 10.2. The minimum Gasteiger partial charge on any atom is -0.317 e. The van der Waals surface area contributed by atoms with Gasteiger partial charge in [-0.3, -0.25) is 0 Å². The highest BCUT2D eigenvalue weighted by Gasteiger charge is 2.11. The Morgan fingerprint density at radius 2 is 2.00 bits per heavy atom. The van der Waals surface area contributed by atoms with Gasteiger partial charge in [0.2, 0.25) is 0 Å². The van der Waals surface area contributed by atoms with E-state index in [2.05, 4.69) is 0 Å². The minimum atomic E-state index is -3.79. The first-order valence-electron chi connectivity index (χ1n) is 2.25. The molecule has 3 nitrogen and oxygen atoms in total. The monoisotopic (exact) mass is 188 g/mol. The van der Waals surface area contributed by atoms with Gasteiger partial charge in [0.15, 0.2) is 0 Å². The molecule has 0 atom stereocenters. The zero-order valence-electron chi connectivity index (χ0n) is 4.98. The molecule has 0 heterocycles. The molecule has 0 aromatic rings. The lowest BCUT2D eigenvalue weighted by Gasteiger charge is -1.99. The molecule has 0 rings (SSSR count). The van der Waals surface area contributed by atoms with E-state index >= 15 is 0 Å². The predicted molar refractivity (Wildman–Crippen MR) is 42.9 cm³/mol. The fourth-order valence-electron chi connectivity index (χ4n) is 0.240. The third-order valence-corrected chi connectivity index (χ3v) is 3.70. The standard InChI is InChI=1S/C3H9O3PS2/c1-8-2-3-9-7(4,5)6/h2-3H2,1H3,(H2,4,5,6). The van der Waals surface area contributed by atoms with E-state index in [0.717, 1.165) is 5.75 Å². The van der Waals surface area contributed by atoms with Crippen LogP contribution in [0.1, 0.15) is 0 Å². The third-order valence-electron chi connectivity index (χ3n) is 0.547. The maximum absolute atomic E-state index is 10.2. The van der Waals surface area contributed by atoms with Gasteiger partial charge in [0.25, 0.3) is 0 Å². The van der Waals surface area contributed by atoms with E-state index in [1.165, 1.54) is 0 Å². The molecule has 0 aliphatic heterocycles. The zero-order valence-corrected chi connectivity index (χ0v) is 7.51. The van der Waals surface area contributed by atoms with E-state index in [1.807, 2.05) is 6.26 Å².